The first-order chi connectivity index (χ1) is 10.6. The maximum Gasteiger partial charge on any atom is 0.410 e. The quantitative estimate of drug-likeness (QED) is 0.682. The molecule has 1 aromatic carbocycles. The predicted molar refractivity (Wildman–Crippen MR) is 87.8 cm³/mol. The van der Waals surface area contributed by atoms with E-state index in [0.29, 0.717) is 18.7 Å². The van der Waals surface area contributed by atoms with Crippen LogP contribution in [-0.2, 0) is 4.74 Å². The van der Waals surface area contributed by atoms with Gasteiger partial charge in [-0.1, -0.05) is 0 Å². The molecule has 0 spiro atoms. The maximum atomic E-state index is 11.9. The van der Waals surface area contributed by atoms with Crippen molar-refractivity contribution in [1.82, 2.24) is 4.90 Å². The smallest absolute Gasteiger partial charge is 0.410 e. The van der Waals surface area contributed by atoms with Crippen molar-refractivity contribution in [3.63, 3.8) is 0 Å². The van der Waals surface area contributed by atoms with E-state index in [1.54, 1.807) is 24.0 Å². The molecule has 1 N–H and O–H groups in total. The number of benzene rings is 1. The monoisotopic (exact) mass is 321 g/mol. The highest BCUT2D eigenvalue weighted by Crippen LogP contribution is 2.28. The average molecular weight is 321 g/mol. The number of nitrogens with one attached hydrogen (secondary N) is 1. The van der Waals surface area contributed by atoms with Crippen LogP contribution in [0.3, 0.4) is 0 Å². The molecule has 126 valence electrons. The molecule has 0 saturated carbocycles. The number of nitro benzene ring substituents is 1. The van der Waals surface area contributed by atoms with Gasteiger partial charge in [-0.05, 0) is 46.2 Å². The number of hydrogen-bond donors (Lipinski definition) is 1. The molecular weight excluding hydrogens is 298 g/mol. The molecule has 7 heteroatoms. The molecule has 1 fully saturated rings. The van der Waals surface area contributed by atoms with E-state index < -0.39 is 5.60 Å². The van der Waals surface area contributed by atoms with E-state index in [-0.39, 0.29) is 22.7 Å². The fourth-order valence-corrected chi connectivity index (χ4v) is 2.46. The van der Waals surface area contributed by atoms with Crippen LogP contribution < -0.4 is 5.32 Å². The number of likely N-dealkylation sites (tertiary alicyclic amines) is 1. The van der Waals surface area contributed by atoms with Crippen molar-refractivity contribution in [2.45, 2.75) is 46.3 Å². The summed E-state index contributed by atoms with van der Waals surface area (Å²) in [5.41, 5.74) is 1.91. The van der Waals surface area contributed by atoms with Crippen LogP contribution in [0, 0.1) is 24.0 Å². The Labute approximate surface area is 135 Å². The summed E-state index contributed by atoms with van der Waals surface area (Å²) in [5, 5.41) is 14.3. The van der Waals surface area contributed by atoms with E-state index in [0.717, 1.165) is 11.3 Å². The fourth-order valence-electron chi connectivity index (χ4n) is 2.46. The highest BCUT2D eigenvalue weighted by atomic mass is 16.6. The molecule has 1 aliphatic rings. The average Bonchev–Trinajstić information content (AvgIpc) is 2.32. The zero-order valence-corrected chi connectivity index (χ0v) is 14.2. The number of nitro groups is 1. The molecule has 0 unspecified atom stereocenters. The number of hydrogen-bond acceptors (Lipinski definition) is 5. The molecule has 1 amide bonds. The van der Waals surface area contributed by atoms with Gasteiger partial charge in [0.15, 0.2) is 0 Å². The molecule has 1 heterocycles. The van der Waals surface area contributed by atoms with Gasteiger partial charge in [0.2, 0.25) is 0 Å². The maximum absolute atomic E-state index is 11.9. The summed E-state index contributed by atoms with van der Waals surface area (Å²) >= 11 is 0. The topological polar surface area (TPSA) is 84.7 Å². The molecule has 23 heavy (non-hydrogen) atoms. The van der Waals surface area contributed by atoms with Gasteiger partial charge in [0, 0.05) is 30.4 Å². The minimum absolute atomic E-state index is 0.0727. The number of carbonyl (C=O) groups excluding carboxylic acids is 1. The van der Waals surface area contributed by atoms with Gasteiger partial charge in [-0.3, -0.25) is 10.1 Å². The summed E-state index contributed by atoms with van der Waals surface area (Å²) in [6.45, 7) is 10.2. The van der Waals surface area contributed by atoms with E-state index in [1.165, 1.54) is 0 Å². The highest BCUT2D eigenvalue weighted by Gasteiger charge is 2.34. The Bertz CT molecular complexity index is 631. The molecule has 1 aliphatic heterocycles. The lowest BCUT2D eigenvalue weighted by molar-refractivity contribution is -0.385. The van der Waals surface area contributed by atoms with Gasteiger partial charge in [-0.25, -0.2) is 4.79 Å². The summed E-state index contributed by atoms with van der Waals surface area (Å²) in [5.74, 6) is 0. The van der Waals surface area contributed by atoms with Crippen LogP contribution in [0.25, 0.3) is 0 Å². The predicted octanol–water partition coefficient (Wildman–Crippen LogP) is 3.24. The second kappa shape index (κ2) is 6.06. The number of amides is 1. The first kappa shape index (κ1) is 17.1. The van der Waals surface area contributed by atoms with Crippen LogP contribution in [0.2, 0.25) is 0 Å². The normalized spacial score (nSPS) is 15.1. The molecular formula is C16H23N3O4. The van der Waals surface area contributed by atoms with Crippen molar-refractivity contribution in [1.29, 1.82) is 0 Å². The van der Waals surface area contributed by atoms with Gasteiger partial charge < -0.3 is 15.0 Å². The molecule has 0 bridgehead atoms. The minimum atomic E-state index is -0.510. The lowest BCUT2D eigenvalue weighted by Gasteiger charge is -2.40. The first-order valence-electron chi connectivity index (χ1n) is 7.57. The Balaban J connectivity index is 1.97. The molecule has 0 radical (unpaired) electrons. The van der Waals surface area contributed by atoms with Gasteiger partial charge >= 0.3 is 6.09 Å². The second-order valence-corrected chi connectivity index (χ2v) is 6.94. The molecule has 1 aromatic rings. The van der Waals surface area contributed by atoms with Crippen LogP contribution in [0.1, 0.15) is 31.9 Å². The zero-order chi connectivity index (χ0) is 17.4. The van der Waals surface area contributed by atoms with E-state index in [4.69, 9.17) is 4.74 Å². The standard InChI is InChI=1S/C16H23N3O4/c1-10-6-11(2)14(19(21)22)7-13(10)17-12-8-18(9-12)15(20)23-16(3,4)5/h6-7,12,17H,8-9H2,1-5H3. The fraction of sp³-hybridized carbons (Fsp3) is 0.562. The van der Waals surface area contributed by atoms with Crippen molar-refractivity contribution in [2.24, 2.45) is 0 Å². The molecule has 0 atom stereocenters. The second-order valence-electron chi connectivity index (χ2n) is 6.94. The Kier molecular flexibility index (Phi) is 4.49. The Morgan fingerprint density at radius 1 is 1.30 bits per heavy atom. The van der Waals surface area contributed by atoms with Crippen molar-refractivity contribution in [3.05, 3.63) is 33.4 Å². The number of aryl methyl sites for hydroxylation is 2. The van der Waals surface area contributed by atoms with Crippen LogP contribution in [0.15, 0.2) is 12.1 Å². The van der Waals surface area contributed by atoms with Gasteiger partial charge in [-0.15, -0.1) is 0 Å². The van der Waals surface area contributed by atoms with E-state index in [1.807, 2.05) is 27.7 Å². The van der Waals surface area contributed by atoms with E-state index in [9.17, 15) is 14.9 Å². The van der Waals surface area contributed by atoms with E-state index >= 15 is 0 Å². The minimum Gasteiger partial charge on any atom is -0.444 e. The summed E-state index contributed by atoms with van der Waals surface area (Å²) in [6, 6.07) is 3.43. The number of carbonyl (C=O) groups is 1. The first-order valence-corrected chi connectivity index (χ1v) is 7.57. The largest absolute Gasteiger partial charge is 0.444 e. The van der Waals surface area contributed by atoms with Crippen LogP contribution >= 0.6 is 0 Å². The SMILES string of the molecule is Cc1cc(C)c([N+](=O)[O-])cc1NC1CN(C(=O)OC(C)(C)C)C1. The van der Waals surface area contributed by atoms with E-state index in [2.05, 4.69) is 5.32 Å². The van der Waals surface area contributed by atoms with Gasteiger partial charge in [0.25, 0.3) is 5.69 Å². The number of rotatable bonds is 3. The highest BCUT2D eigenvalue weighted by molar-refractivity contribution is 5.70. The third-order valence-corrected chi connectivity index (χ3v) is 3.63. The number of nitrogens with zero attached hydrogens (tertiary/aromatic N) is 2. The van der Waals surface area contributed by atoms with Crippen LogP contribution in [0.4, 0.5) is 16.2 Å². The van der Waals surface area contributed by atoms with Crippen molar-refractivity contribution in [3.8, 4) is 0 Å². The Hall–Kier alpha value is -2.31. The molecule has 1 saturated heterocycles. The molecule has 7 nitrogen and oxygen atoms in total. The summed E-state index contributed by atoms with van der Waals surface area (Å²) < 4.78 is 5.30. The lowest BCUT2D eigenvalue weighted by atomic mass is 10.1. The summed E-state index contributed by atoms with van der Waals surface area (Å²) in [4.78, 5) is 24.1. The van der Waals surface area contributed by atoms with Crippen LogP contribution in [-0.4, -0.2) is 40.6 Å². The molecule has 0 aromatic heterocycles. The number of ether oxygens (including phenoxy) is 1. The Morgan fingerprint density at radius 2 is 1.91 bits per heavy atom. The molecule has 2 rings (SSSR count). The lowest BCUT2D eigenvalue weighted by Crippen LogP contribution is -2.58. The third kappa shape index (κ3) is 4.12. The third-order valence-electron chi connectivity index (χ3n) is 3.63. The van der Waals surface area contributed by atoms with Gasteiger partial charge in [0.05, 0.1) is 11.0 Å². The number of anilines is 1. The van der Waals surface area contributed by atoms with Gasteiger partial charge in [-0.2, -0.15) is 0 Å². The zero-order valence-electron chi connectivity index (χ0n) is 14.2. The van der Waals surface area contributed by atoms with Crippen molar-refractivity contribution < 1.29 is 14.5 Å². The summed E-state index contributed by atoms with van der Waals surface area (Å²) in [6.07, 6.45) is -0.331. The molecule has 0 aliphatic carbocycles. The van der Waals surface area contributed by atoms with Crippen molar-refractivity contribution >= 4 is 17.5 Å². The Morgan fingerprint density at radius 3 is 2.43 bits per heavy atom. The van der Waals surface area contributed by atoms with Crippen LogP contribution in [0.5, 0.6) is 0 Å². The summed E-state index contributed by atoms with van der Waals surface area (Å²) in [7, 11) is 0. The van der Waals surface area contributed by atoms with Gasteiger partial charge in [0.1, 0.15) is 5.60 Å². The van der Waals surface area contributed by atoms with Crippen molar-refractivity contribution in [2.75, 3.05) is 18.4 Å².